The Morgan fingerprint density at radius 3 is 2.34 bits per heavy atom. The summed E-state index contributed by atoms with van der Waals surface area (Å²) in [5.74, 6) is 1.23. The van der Waals surface area contributed by atoms with Gasteiger partial charge < -0.3 is 9.47 Å². The van der Waals surface area contributed by atoms with Gasteiger partial charge in [-0.15, -0.1) is 0 Å². The summed E-state index contributed by atoms with van der Waals surface area (Å²) in [4.78, 5) is 19.6. The number of amides is 1. The Kier molecular flexibility index (Phi) is 9.30. The van der Waals surface area contributed by atoms with Crippen LogP contribution in [0, 0.1) is 0 Å². The van der Waals surface area contributed by atoms with Crippen molar-refractivity contribution in [3.05, 3.63) is 96.1 Å². The molecule has 0 aromatic heterocycles. The third-order valence-electron chi connectivity index (χ3n) is 5.79. The zero-order chi connectivity index (χ0) is 24.1. The predicted octanol–water partition coefficient (Wildman–Crippen LogP) is 5.31. The van der Waals surface area contributed by atoms with E-state index in [-0.39, 0.29) is 11.9 Å². The summed E-state index contributed by atoms with van der Waals surface area (Å²) < 4.78 is 11.8. The Hall–Kier alpha value is -3.64. The fraction of sp³-hybridized carbons (Fsp3) is 0.310. The molecule has 6 nitrogen and oxygen atoms in total. The van der Waals surface area contributed by atoms with E-state index in [9.17, 15) is 4.79 Å². The van der Waals surface area contributed by atoms with Crippen molar-refractivity contribution in [3.63, 3.8) is 0 Å². The molecule has 0 atom stereocenters. The smallest absolute Gasteiger partial charge is 0.297 e. The Labute approximate surface area is 207 Å². The number of hydrogen-bond donors (Lipinski definition) is 1. The lowest BCUT2D eigenvalue weighted by molar-refractivity contribution is 0.0971. The Bertz CT molecular complexity index is 1080. The van der Waals surface area contributed by atoms with E-state index in [0.29, 0.717) is 30.9 Å². The molecule has 0 spiro atoms. The number of nitrogens with one attached hydrogen (secondary N) is 1. The lowest BCUT2D eigenvalue weighted by Crippen LogP contribution is -2.34. The van der Waals surface area contributed by atoms with Gasteiger partial charge in [-0.05, 0) is 67.9 Å². The normalized spacial score (nSPS) is 14.3. The molecular formula is C29H33N3O3. The van der Waals surface area contributed by atoms with Gasteiger partial charge in [0, 0.05) is 25.1 Å². The molecule has 3 aromatic carbocycles. The van der Waals surface area contributed by atoms with Crippen molar-refractivity contribution in [1.29, 1.82) is 0 Å². The number of nitrogens with zero attached hydrogens (tertiary/aromatic N) is 2. The highest BCUT2D eigenvalue weighted by molar-refractivity contribution is 6.04. The number of rotatable bonds is 9. The third kappa shape index (κ3) is 8.26. The lowest BCUT2D eigenvalue weighted by atomic mass is 10.1. The molecule has 6 heteroatoms. The van der Waals surface area contributed by atoms with Crippen LogP contribution in [0.5, 0.6) is 11.5 Å². The molecular weight excluding hydrogens is 438 g/mol. The number of carbonyl (C=O) groups excluding carboxylic acids is 1. The summed E-state index contributed by atoms with van der Waals surface area (Å²) in [6, 6.07) is 26.8. The molecule has 1 fully saturated rings. The van der Waals surface area contributed by atoms with Gasteiger partial charge in [-0.2, -0.15) is 0 Å². The molecule has 0 radical (unpaired) electrons. The van der Waals surface area contributed by atoms with Gasteiger partial charge in [-0.3, -0.25) is 15.0 Å². The molecule has 182 valence electrons. The molecule has 0 unspecified atom stereocenters. The maximum Gasteiger partial charge on any atom is 0.297 e. The zero-order valence-electron chi connectivity index (χ0n) is 20.1. The van der Waals surface area contributed by atoms with E-state index in [1.165, 1.54) is 37.9 Å². The molecule has 1 aliphatic rings. The molecule has 1 N–H and O–H groups in total. The van der Waals surface area contributed by atoms with Crippen molar-refractivity contribution in [2.75, 3.05) is 26.2 Å². The van der Waals surface area contributed by atoms with Gasteiger partial charge in [-0.25, -0.2) is 4.99 Å². The number of amidine groups is 1. The predicted molar refractivity (Wildman–Crippen MR) is 139 cm³/mol. The fourth-order valence-electron chi connectivity index (χ4n) is 4.00. The number of likely N-dealkylation sites (tertiary alicyclic amines) is 1. The van der Waals surface area contributed by atoms with Crippen LogP contribution in [0.1, 0.15) is 41.6 Å². The topological polar surface area (TPSA) is 63.2 Å². The van der Waals surface area contributed by atoms with Crippen molar-refractivity contribution in [3.8, 4) is 11.5 Å². The second-order valence-electron chi connectivity index (χ2n) is 8.61. The summed E-state index contributed by atoms with van der Waals surface area (Å²) in [5, 5.41) is 2.78. The van der Waals surface area contributed by atoms with Crippen molar-refractivity contribution >= 4 is 11.9 Å². The summed E-state index contributed by atoms with van der Waals surface area (Å²) in [6.07, 6.45) is 4.62. The van der Waals surface area contributed by atoms with Crippen LogP contribution >= 0.6 is 0 Å². The largest absolute Gasteiger partial charge is 0.494 e. The average molecular weight is 472 g/mol. The highest BCUT2D eigenvalue weighted by atomic mass is 16.5. The van der Waals surface area contributed by atoms with Gasteiger partial charge in [0.1, 0.15) is 11.5 Å². The van der Waals surface area contributed by atoms with Gasteiger partial charge in [0.05, 0.1) is 6.61 Å². The van der Waals surface area contributed by atoms with Crippen molar-refractivity contribution in [2.24, 2.45) is 4.99 Å². The number of hydrogen-bond acceptors (Lipinski definition) is 5. The maximum absolute atomic E-state index is 12.6. The molecule has 35 heavy (non-hydrogen) atoms. The molecule has 0 aliphatic carbocycles. The van der Waals surface area contributed by atoms with Crippen molar-refractivity contribution in [1.82, 2.24) is 10.2 Å². The maximum atomic E-state index is 12.6. The summed E-state index contributed by atoms with van der Waals surface area (Å²) >= 11 is 0. The van der Waals surface area contributed by atoms with Crippen LogP contribution < -0.4 is 14.8 Å². The number of aliphatic imine (C=N–C) groups is 1. The second-order valence-corrected chi connectivity index (χ2v) is 8.61. The van der Waals surface area contributed by atoms with Crippen LogP contribution in [0.2, 0.25) is 0 Å². The van der Waals surface area contributed by atoms with Crippen molar-refractivity contribution < 1.29 is 14.3 Å². The number of carbonyl (C=O) groups is 1. The molecule has 1 saturated heterocycles. The molecule has 4 rings (SSSR count). The quantitative estimate of drug-likeness (QED) is 0.261. The first-order valence-electron chi connectivity index (χ1n) is 12.3. The van der Waals surface area contributed by atoms with Crippen LogP contribution in [-0.2, 0) is 6.54 Å². The third-order valence-corrected chi connectivity index (χ3v) is 5.79. The molecule has 0 bridgehead atoms. The van der Waals surface area contributed by atoms with Crippen LogP contribution in [0.3, 0.4) is 0 Å². The van der Waals surface area contributed by atoms with E-state index >= 15 is 0 Å². The van der Waals surface area contributed by atoms with Crippen LogP contribution in [0.4, 0.5) is 0 Å². The SMILES string of the molecule is O=C(NC(=NCCCOc1cccc(CN2CCCCC2)c1)Oc1ccccc1)c1ccccc1. The van der Waals surface area contributed by atoms with E-state index in [2.05, 4.69) is 33.4 Å². The second kappa shape index (κ2) is 13.3. The molecule has 1 amide bonds. The van der Waals surface area contributed by atoms with Crippen LogP contribution in [-0.4, -0.2) is 43.1 Å². The average Bonchev–Trinajstić information content (AvgIpc) is 2.90. The minimum atomic E-state index is -0.262. The molecule has 0 saturated carbocycles. The first-order chi connectivity index (χ1) is 17.3. The molecule has 1 heterocycles. The van der Waals surface area contributed by atoms with E-state index < -0.39 is 0 Å². The van der Waals surface area contributed by atoms with Crippen molar-refractivity contribution in [2.45, 2.75) is 32.2 Å². The Balaban J connectivity index is 1.29. The van der Waals surface area contributed by atoms with Gasteiger partial charge in [0.25, 0.3) is 11.9 Å². The van der Waals surface area contributed by atoms with E-state index in [1.807, 2.05) is 54.6 Å². The van der Waals surface area contributed by atoms with Gasteiger partial charge >= 0.3 is 0 Å². The number of para-hydroxylation sites is 1. The monoisotopic (exact) mass is 471 g/mol. The van der Waals surface area contributed by atoms with E-state index in [1.54, 1.807) is 12.1 Å². The summed E-state index contributed by atoms with van der Waals surface area (Å²) in [5.41, 5.74) is 1.83. The zero-order valence-corrected chi connectivity index (χ0v) is 20.1. The Morgan fingerprint density at radius 1 is 0.857 bits per heavy atom. The number of benzene rings is 3. The minimum absolute atomic E-state index is 0.175. The first-order valence-corrected chi connectivity index (χ1v) is 12.3. The standard InChI is InChI=1S/C29H33N3O3/c33-28(25-13-4-1-5-14-25)31-29(35-26-15-6-2-7-16-26)30-18-11-21-34-27-17-10-12-24(22-27)23-32-19-8-3-9-20-32/h1-2,4-7,10,12-17,22H,3,8-9,11,18-21,23H2,(H,30,31,33). The highest BCUT2D eigenvalue weighted by Crippen LogP contribution is 2.18. The van der Waals surface area contributed by atoms with Gasteiger partial charge in [0.15, 0.2) is 0 Å². The lowest BCUT2D eigenvalue weighted by Gasteiger charge is -2.26. The molecule has 1 aliphatic heterocycles. The fourth-order valence-corrected chi connectivity index (χ4v) is 4.00. The highest BCUT2D eigenvalue weighted by Gasteiger charge is 2.12. The minimum Gasteiger partial charge on any atom is -0.494 e. The Morgan fingerprint density at radius 2 is 1.57 bits per heavy atom. The van der Waals surface area contributed by atoms with Gasteiger partial charge in [0.2, 0.25) is 0 Å². The van der Waals surface area contributed by atoms with Crippen LogP contribution in [0.15, 0.2) is 89.9 Å². The summed E-state index contributed by atoms with van der Waals surface area (Å²) in [6.45, 7) is 4.32. The number of piperidine rings is 1. The van der Waals surface area contributed by atoms with Gasteiger partial charge in [-0.1, -0.05) is 55.0 Å². The first kappa shape index (κ1) is 24.5. The van der Waals surface area contributed by atoms with E-state index in [0.717, 1.165) is 12.3 Å². The van der Waals surface area contributed by atoms with Crippen LogP contribution in [0.25, 0.3) is 0 Å². The van der Waals surface area contributed by atoms with E-state index in [4.69, 9.17) is 9.47 Å². The molecule has 3 aromatic rings. The number of ether oxygens (including phenoxy) is 2. The summed E-state index contributed by atoms with van der Waals surface area (Å²) in [7, 11) is 0.